The van der Waals surface area contributed by atoms with Gasteiger partial charge in [0.2, 0.25) is 10.0 Å². The Morgan fingerprint density at radius 3 is 2.83 bits per heavy atom. The maximum atomic E-state index is 12.4. The van der Waals surface area contributed by atoms with Crippen molar-refractivity contribution in [2.75, 3.05) is 19.6 Å². The van der Waals surface area contributed by atoms with Gasteiger partial charge in [0.1, 0.15) is 5.58 Å². The highest BCUT2D eigenvalue weighted by atomic mass is 35.5. The van der Waals surface area contributed by atoms with Crippen LogP contribution in [0.4, 0.5) is 0 Å². The third-order valence-electron chi connectivity index (χ3n) is 4.14. The number of sulfonamides is 1. The lowest BCUT2D eigenvalue weighted by molar-refractivity contribution is 0.358. The zero-order chi connectivity index (χ0) is 16.3. The summed E-state index contributed by atoms with van der Waals surface area (Å²) in [5.74, 6) is 0.525. The first-order chi connectivity index (χ1) is 11.0. The van der Waals surface area contributed by atoms with E-state index in [1.807, 2.05) is 0 Å². The van der Waals surface area contributed by atoms with Crippen molar-refractivity contribution in [1.29, 1.82) is 0 Å². The molecule has 2 N–H and O–H groups in total. The van der Waals surface area contributed by atoms with Crippen LogP contribution in [0.25, 0.3) is 11.0 Å². The highest BCUT2D eigenvalue weighted by molar-refractivity contribution is 7.89. The summed E-state index contributed by atoms with van der Waals surface area (Å²) in [6, 6.07) is 7.32. The van der Waals surface area contributed by atoms with E-state index in [1.165, 1.54) is 24.3 Å². The van der Waals surface area contributed by atoms with Crippen molar-refractivity contribution in [3.05, 3.63) is 40.8 Å². The Balaban J connectivity index is 0.00000208. The van der Waals surface area contributed by atoms with E-state index >= 15 is 0 Å². The molecular formula is C16H21ClN2O4S. The minimum atomic E-state index is -3.55. The van der Waals surface area contributed by atoms with Gasteiger partial charge < -0.3 is 9.73 Å². The number of rotatable bonds is 5. The standard InChI is InChI=1S/C16H20N2O4S.ClH/c19-16-6-3-13-10-14(4-5-15(13)22-16)23(20,21)18-9-7-12-2-1-8-17-11-12;/h3-6,10,12,17-18H,1-2,7-9,11H2;1H. The third-order valence-corrected chi connectivity index (χ3v) is 5.60. The van der Waals surface area contributed by atoms with E-state index < -0.39 is 15.6 Å². The highest BCUT2D eigenvalue weighted by Gasteiger charge is 2.17. The van der Waals surface area contributed by atoms with Gasteiger partial charge in [-0.25, -0.2) is 17.9 Å². The van der Waals surface area contributed by atoms with Crippen molar-refractivity contribution in [1.82, 2.24) is 10.0 Å². The van der Waals surface area contributed by atoms with E-state index in [0.29, 0.717) is 23.4 Å². The lowest BCUT2D eigenvalue weighted by Crippen LogP contribution is -2.33. The normalized spacial score (nSPS) is 18.2. The number of halogens is 1. The fourth-order valence-corrected chi connectivity index (χ4v) is 3.95. The van der Waals surface area contributed by atoms with Crippen molar-refractivity contribution >= 4 is 33.4 Å². The molecule has 1 saturated heterocycles. The van der Waals surface area contributed by atoms with Gasteiger partial charge in [0.15, 0.2) is 0 Å². The predicted octanol–water partition coefficient (Wildman–Crippen LogP) is 1.88. The van der Waals surface area contributed by atoms with Gasteiger partial charge >= 0.3 is 5.63 Å². The van der Waals surface area contributed by atoms with Crippen LogP contribution in [0.2, 0.25) is 0 Å². The van der Waals surface area contributed by atoms with Crippen molar-refractivity contribution < 1.29 is 12.8 Å². The van der Waals surface area contributed by atoms with Crippen LogP contribution < -0.4 is 15.7 Å². The van der Waals surface area contributed by atoms with Crippen LogP contribution >= 0.6 is 12.4 Å². The minimum absolute atomic E-state index is 0. The summed E-state index contributed by atoms with van der Waals surface area (Å²) in [6.45, 7) is 2.43. The molecule has 0 bridgehead atoms. The van der Waals surface area contributed by atoms with Crippen molar-refractivity contribution in [3.63, 3.8) is 0 Å². The van der Waals surface area contributed by atoms with Crippen LogP contribution in [-0.4, -0.2) is 28.1 Å². The average molecular weight is 373 g/mol. The molecule has 0 aliphatic carbocycles. The molecule has 0 saturated carbocycles. The van der Waals surface area contributed by atoms with E-state index in [1.54, 1.807) is 6.07 Å². The fraction of sp³-hybridized carbons (Fsp3) is 0.438. The van der Waals surface area contributed by atoms with Crippen molar-refractivity contribution in [3.8, 4) is 0 Å². The number of piperidine rings is 1. The molecule has 3 rings (SSSR count). The number of nitrogens with one attached hydrogen (secondary N) is 2. The summed E-state index contributed by atoms with van der Waals surface area (Å²) in [4.78, 5) is 11.3. The summed E-state index contributed by atoms with van der Waals surface area (Å²) in [7, 11) is -3.55. The predicted molar refractivity (Wildman–Crippen MR) is 95.1 cm³/mol. The largest absolute Gasteiger partial charge is 0.423 e. The second-order valence-electron chi connectivity index (χ2n) is 5.85. The number of hydrogen-bond donors (Lipinski definition) is 2. The second kappa shape index (κ2) is 8.11. The molecule has 6 nitrogen and oxygen atoms in total. The average Bonchev–Trinajstić information content (AvgIpc) is 2.55. The SMILES string of the molecule is Cl.O=c1ccc2cc(S(=O)(=O)NCCC3CCCNC3)ccc2o1. The Morgan fingerprint density at radius 1 is 1.25 bits per heavy atom. The first-order valence-electron chi connectivity index (χ1n) is 7.79. The molecule has 8 heteroatoms. The Morgan fingerprint density at radius 2 is 2.08 bits per heavy atom. The van der Waals surface area contributed by atoms with Gasteiger partial charge in [-0.1, -0.05) is 0 Å². The Kier molecular flexibility index (Phi) is 6.40. The van der Waals surface area contributed by atoms with Gasteiger partial charge in [-0.05, 0) is 62.5 Å². The van der Waals surface area contributed by atoms with E-state index in [2.05, 4.69) is 10.0 Å². The number of benzene rings is 1. The molecule has 1 unspecified atom stereocenters. The lowest BCUT2D eigenvalue weighted by Gasteiger charge is -2.22. The zero-order valence-electron chi connectivity index (χ0n) is 13.2. The molecule has 0 amide bonds. The van der Waals surface area contributed by atoms with Gasteiger partial charge in [-0.3, -0.25) is 0 Å². The molecule has 1 aliphatic rings. The van der Waals surface area contributed by atoms with Crippen LogP contribution in [0.5, 0.6) is 0 Å². The summed E-state index contributed by atoms with van der Waals surface area (Å²) < 4.78 is 32.4. The Bertz CT molecular complexity index is 845. The maximum absolute atomic E-state index is 12.4. The first-order valence-corrected chi connectivity index (χ1v) is 9.27. The number of hydrogen-bond acceptors (Lipinski definition) is 5. The van der Waals surface area contributed by atoms with Gasteiger partial charge in [-0.2, -0.15) is 0 Å². The van der Waals surface area contributed by atoms with E-state index in [0.717, 1.165) is 32.4 Å². The molecule has 2 aromatic rings. The molecule has 24 heavy (non-hydrogen) atoms. The topological polar surface area (TPSA) is 88.4 Å². The van der Waals surface area contributed by atoms with Crippen LogP contribution in [0, 0.1) is 5.92 Å². The summed E-state index contributed by atoms with van der Waals surface area (Å²) >= 11 is 0. The molecule has 0 radical (unpaired) electrons. The summed E-state index contributed by atoms with van der Waals surface area (Å²) in [6.07, 6.45) is 3.12. The highest BCUT2D eigenvalue weighted by Crippen LogP contribution is 2.18. The summed E-state index contributed by atoms with van der Waals surface area (Å²) in [5.41, 5.74) is -0.0722. The molecule has 1 fully saturated rings. The molecule has 1 aliphatic heterocycles. The van der Waals surface area contributed by atoms with E-state index in [-0.39, 0.29) is 17.3 Å². The van der Waals surface area contributed by atoms with E-state index in [4.69, 9.17) is 4.42 Å². The van der Waals surface area contributed by atoms with Crippen LogP contribution in [0.3, 0.4) is 0 Å². The molecule has 1 aromatic carbocycles. The molecule has 1 atom stereocenters. The Labute approximate surface area is 147 Å². The molecule has 2 heterocycles. The van der Waals surface area contributed by atoms with E-state index in [9.17, 15) is 13.2 Å². The molecule has 1 aromatic heterocycles. The smallest absolute Gasteiger partial charge is 0.336 e. The second-order valence-corrected chi connectivity index (χ2v) is 7.62. The first kappa shape index (κ1) is 18.9. The third kappa shape index (κ3) is 4.57. The lowest BCUT2D eigenvalue weighted by atomic mass is 9.96. The quantitative estimate of drug-likeness (QED) is 0.782. The number of fused-ring (bicyclic) bond motifs is 1. The molecule has 132 valence electrons. The van der Waals surface area contributed by atoms with Crippen molar-refractivity contribution in [2.24, 2.45) is 5.92 Å². The van der Waals surface area contributed by atoms with Crippen LogP contribution in [-0.2, 0) is 10.0 Å². The van der Waals surface area contributed by atoms with Gasteiger partial charge in [-0.15, -0.1) is 12.4 Å². The fourth-order valence-electron chi connectivity index (χ4n) is 2.87. The molecule has 0 spiro atoms. The zero-order valence-corrected chi connectivity index (χ0v) is 14.8. The van der Waals surface area contributed by atoms with Crippen molar-refractivity contribution in [2.45, 2.75) is 24.2 Å². The van der Waals surface area contributed by atoms with Crippen LogP contribution in [0.1, 0.15) is 19.3 Å². The van der Waals surface area contributed by atoms with Gasteiger partial charge in [0, 0.05) is 18.0 Å². The monoisotopic (exact) mass is 372 g/mol. The molecular weight excluding hydrogens is 352 g/mol. The van der Waals surface area contributed by atoms with Crippen LogP contribution in [0.15, 0.2) is 44.4 Å². The van der Waals surface area contributed by atoms with Gasteiger partial charge in [0.05, 0.1) is 4.90 Å². The van der Waals surface area contributed by atoms with Gasteiger partial charge in [0.25, 0.3) is 0 Å². The minimum Gasteiger partial charge on any atom is -0.423 e. The maximum Gasteiger partial charge on any atom is 0.336 e. The Hall–Kier alpha value is -1.41. The summed E-state index contributed by atoms with van der Waals surface area (Å²) in [5, 5.41) is 3.91.